The van der Waals surface area contributed by atoms with E-state index in [0.717, 1.165) is 5.01 Å². The lowest BCUT2D eigenvalue weighted by molar-refractivity contribution is -0.117. The minimum Gasteiger partial charge on any atom is -0.493 e. The van der Waals surface area contributed by atoms with Gasteiger partial charge in [-0.1, -0.05) is 42.5 Å². The fraction of sp³-hybridized carbons (Fsp3) is 0.0435. The number of anilines is 1. The molecule has 32 heavy (non-hydrogen) atoms. The van der Waals surface area contributed by atoms with Gasteiger partial charge in [0.2, 0.25) is 0 Å². The fourth-order valence-corrected chi connectivity index (χ4v) is 4.04. The number of rotatable bonds is 6. The number of methoxy groups -OCH3 is 1. The number of nitrogens with one attached hydrogen (secondary N) is 1. The van der Waals surface area contributed by atoms with Crippen molar-refractivity contribution in [2.45, 2.75) is 4.90 Å². The molecule has 162 valence electrons. The van der Waals surface area contributed by atoms with Gasteiger partial charge in [0.15, 0.2) is 11.5 Å². The Morgan fingerprint density at radius 3 is 2.19 bits per heavy atom. The van der Waals surface area contributed by atoms with Crippen molar-refractivity contribution >= 4 is 33.7 Å². The molecule has 0 spiro atoms. The van der Waals surface area contributed by atoms with Gasteiger partial charge in [0.05, 0.1) is 12.8 Å². The van der Waals surface area contributed by atoms with Crippen molar-refractivity contribution < 1.29 is 26.9 Å². The third-order valence-corrected chi connectivity index (χ3v) is 5.88. The zero-order chi connectivity index (χ0) is 22.7. The van der Waals surface area contributed by atoms with Crippen molar-refractivity contribution in [3.63, 3.8) is 0 Å². The van der Waals surface area contributed by atoms with Gasteiger partial charge in [0, 0.05) is 0 Å². The zero-order valence-electron chi connectivity index (χ0n) is 16.9. The van der Waals surface area contributed by atoms with Crippen LogP contribution in [0.3, 0.4) is 0 Å². The number of para-hydroxylation sites is 1. The van der Waals surface area contributed by atoms with E-state index in [1.165, 1.54) is 43.5 Å². The van der Waals surface area contributed by atoms with E-state index in [9.17, 15) is 18.0 Å². The van der Waals surface area contributed by atoms with E-state index in [-0.39, 0.29) is 22.0 Å². The Balaban J connectivity index is 1.61. The van der Waals surface area contributed by atoms with Crippen LogP contribution in [-0.4, -0.2) is 27.3 Å². The molecular weight excluding hydrogens is 432 g/mol. The zero-order valence-corrected chi connectivity index (χ0v) is 17.7. The molecule has 3 aromatic rings. The summed E-state index contributed by atoms with van der Waals surface area (Å²) in [5, 5.41) is 1.16. The maximum absolute atomic E-state index is 12.7. The number of benzene rings is 3. The highest BCUT2D eigenvalue weighted by Gasteiger charge is 2.34. The van der Waals surface area contributed by atoms with Crippen LogP contribution in [0.4, 0.5) is 5.69 Å². The smallest absolute Gasteiger partial charge is 0.339 e. The molecule has 1 aliphatic rings. The van der Waals surface area contributed by atoms with E-state index in [1.807, 2.05) is 0 Å². The van der Waals surface area contributed by atoms with Crippen LogP contribution in [0.1, 0.15) is 5.56 Å². The second-order valence-corrected chi connectivity index (χ2v) is 8.28. The highest BCUT2D eigenvalue weighted by Crippen LogP contribution is 2.32. The van der Waals surface area contributed by atoms with E-state index in [2.05, 4.69) is 5.43 Å². The maximum Gasteiger partial charge on any atom is 0.339 e. The predicted molar refractivity (Wildman–Crippen MR) is 117 cm³/mol. The Morgan fingerprint density at radius 2 is 1.53 bits per heavy atom. The monoisotopic (exact) mass is 450 g/mol. The van der Waals surface area contributed by atoms with Crippen molar-refractivity contribution in [1.29, 1.82) is 0 Å². The third-order valence-electron chi connectivity index (χ3n) is 4.64. The van der Waals surface area contributed by atoms with Gasteiger partial charge >= 0.3 is 10.1 Å². The molecule has 0 unspecified atom stereocenters. The average molecular weight is 450 g/mol. The molecule has 1 N–H and O–H groups in total. The summed E-state index contributed by atoms with van der Waals surface area (Å²) in [6, 6.07) is 20.8. The molecule has 1 saturated heterocycles. The highest BCUT2D eigenvalue weighted by atomic mass is 32.2. The molecule has 0 radical (unpaired) electrons. The van der Waals surface area contributed by atoms with Gasteiger partial charge in [0.25, 0.3) is 11.8 Å². The molecule has 1 aliphatic heterocycles. The predicted octanol–water partition coefficient (Wildman–Crippen LogP) is 2.92. The molecule has 8 nitrogen and oxygen atoms in total. The largest absolute Gasteiger partial charge is 0.493 e. The Hall–Kier alpha value is -4.11. The number of amides is 2. The topological polar surface area (TPSA) is 102 Å². The van der Waals surface area contributed by atoms with Crippen LogP contribution in [0.5, 0.6) is 11.5 Å². The second-order valence-electron chi connectivity index (χ2n) is 6.74. The summed E-state index contributed by atoms with van der Waals surface area (Å²) in [7, 11) is -2.70. The molecule has 0 atom stereocenters. The molecule has 1 fully saturated rings. The number of hydrazine groups is 1. The van der Waals surface area contributed by atoms with E-state index in [1.54, 1.807) is 48.5 Å². The van der Waals surface area contributed by atoms with E-state index >= 15 is 0 Å². The quantitative estimate of drug-likeness (QED) is 0.352. The minimum atomic E-state index is -4.06. The van der Waals surface area contributed by atoms with Crippen LogP contribution >= 0.6 is 0 Å². The van der Waals surface area contributed by atoms with Gasteiger partial charge in [-0.05, 0) is 48.0 Å². The molecule has 0 aliphatic carbocycles. The molecule has 0 saturated carbocycles. The number of ether oxygens (including phenoxy) is 1. The van der Waals surface area contributed by atoms with Gasteiger partial charge in [-0.25, -0.2) is 5.01 Å². The lowest BCUT2D eigenvalue weighted by atomic mass is 10.1. The van der Waals surface area contributed by atoms with E-state index in [0.29, 0.717) is 11.3 Å². The average Bonchev–Trinajstić information content (AvgIpc) is 3.09. The molecule has 3 aromatic carbocycles. The number of hydrogen-bond donors (Lipinski definition) is 1. The molecule has 2 amide bonds. The summed E-state index contributed by atoms with van der Waals surface area (Å²) in [5.74, 6) is -0.951. The summed E-state index contributed by atoms with van der Waals surface area (Å²) >= 11 is 0. The second kappa shape index (κ2) is 8.56. The molecule has 9 heteroatoms. The first kappa shape index (κ1) is 21.1. The summed E-state index contributed by atoms with van der Waals surface area (Å²) in [6.45, 7) is 0. The molecule has 1 heterocycles. The Morgan fingerprint density at radius 1 is 0.875 bits per heavy atom. The summed E-state index contributed by atoms with van der Waals surface area (Å²) in [4.78, 5) is 25.1. The first-order chi connectivity index (χ1) is 15.4. The molecule has 4 rings (SSSR count). The lowest BCUT2D eigenvalue weighted by Crippen LogP contribution is -2.35. The maximum atomic E-state index is 12.7. The Bertz CT molecular complexity index is 1300. The third kappa shape index (κ3) is 4.19. The van der Waals surface area contributed by atoms with Crippen molar-refractivity contribution in [2.24, 2.45) is 0 Å². The van der Waals surface area contributed by atoms with E-state index < -0.39 is 21.9 Å². The fourth-order valence-electron chi connectivity index (χ4n) is 3.08. The molecule has 0 aromatic heterocycles. The highest BCUT2D eigenvalue weighted by molar-refractivity contribution is 7.87. The van der Waals surface area contributed by atoms with Gasteiger partial charge in [-0.15, -0.1) is 0 Å². The number of hydrogen-bond acceptors (Lipinski definition) is 6. The normalized spacial score (nSPS) is 15.0. The summed E-state index contributed by atoms with van der Waals surface area (Å²) < 4.78 is 35.5. The summed E-state index contributed by atoms with van der Waals surface area (Å²) in [5.41, 5.74) is 3.44. The van der Waals surface area contributed by atoms with Crippen LogP contribution < -0.4 is 19.4 Å². The van der Waals surface area contributed by atoms with Crippen molar-refractivity contribution in [3.8, 4) is 11.5 Å². The first-order valence-electron chi connectivity index (χ1n) is 9.49. The van der Waals surface area contributed by atoms with Gasteiger partial charge in [-0.3, -0.25) is 15.0 Å². The lowest BCUT2D eigenvalue weighted by Gasteiger charge is -2.14. The van der Waals surface area contributed by atoms with Crippen molar-refractivity contribution in [3.05, 3.63) is 90.0 Å². The number of carbonyl (C=O) groups is 2. The molecular formula is C23H18N2O6S. The first-order valence-corrected chi connectivity index (χ1v) is 10.9. The van der Waals surface area contributed by atoms with Crippen LogP contribution in [0, 0.1) is 0 Å². The van der Waals surface area contributed by atoms with Crippen LogP contribution in [-0.2, 0) is 19.7 Å². The summed E-state index contributed by atoms with van der Waals surface area (Å²) in [6.07, 6.45) is 1.40. The van der Waals surface area contributed by atoms with Crippen LogP contribution in [0.15, 0.2) is 89.3 Å². The molecule has 0 bridgehead atoms. The van der Waals surface area contributed by atoms with Crippen LogP contribution in [0.25, 0.3) is 6.08 Å². The number of carbonyl (C=O) groups excluding carboxylic acids is 2. The van der Waals surface area contributed by atoms with Crippen molar-refractivity contribution in [2.75, 3.05) is 12.1 Å². The van der Waals surface area contributed by atoms with Gasteiger partial charge < -0.3 is 8.92 Å². The standard InChI is InChI=1S/C23H18N2O6S/c1-30-21-15-16(12-13-20(21)31-32(28,29)18-10-6-3-7-11-18)14-19-22(26)24-25(23(19)27)17-8-4-2-5-9-17/h2-15H,1H3,(H,24,26)/b19-14-. The van der Waals surface area contributed by atoms with Crippen molar-refractivity contribution in [1.82, 2.24) is 5.43 Å². The van der Waals surface area contributed by atoms with Crippen LogP contribution in [0.2, 0.25) is 0 Å². The Labute approximate surface area is 184 Å². The minimum absolute atomic E-state index is 0.00229. The SMILES string of the molecule is COc1cc(/C=C2/C(=O)NN(c3ccccc3)C2=O)ccc1OS(=O)(=O)c1ccccc1. The number of nitrogens with zero attached hydrogens (tertiary/aromatic N) is 1. The van der Waals surface area contributed by atoms with E-state index in [4.69, 9.17) is 8.92 Å². The Kier molecular flexibility index (Phi) is 5.65. The van der Waals surface area contributed by atoms with Gasteiger partial charge in [-0.2, -0.15) is 8.42 Å². The van der Waals surface area contributed by atoms with Gasteiger partial charge in [0.1, 0.15) is 10.5 Å².